The lowest BCUT2D eigenvalue weighted by atomic mass is 9.80. The fraction of sp³-hybridized carbons (Fsp3) is 0.714. The smallest absolute Gasteiger partial charge is 0.242 e. The maximum atomic E-state index is 12.5. The predicted molar refractivity (Wildman–Crippen MR) is 78.0 cm³/mol. The van der Waals surface area contributed by atoms with Crippen molar-refractivity contribution in [1.29, 1.82) is 0 Å². The van der Waals surface area contributed by atoms with Gasteiger partial charge in [-0.3, -0.25) is 0 Å². The van der Waals surface area contributed by atoms with Crippen molar-refractivity contribution in [3.63, 3.8) is 0 Å². The highest BCUT2D eigenvalue weighted by molar-refractivity contribution is 7.89. The van der Waals surface area contributed by atoms with E-state index in [1.54, 1.807) is 12.3 Å². The van der Waals surface area contributed by atoms with Gasteiger partial charge < -0.3 is 9.88 Å². The van der Waals surface area contributed by atoms with Crippen LogP contribution < -0.4 is 10.0 Å². The van der Waals surface area contributed by atoms with Gasteiger partial charge in [-0.15, -0.1) is 0 Å². The Balaban J connectivity index is 1.86. The zero-order valence-electron chi connectivity index (χ0n) is 12.1. The molecule has 3 rings (SSSR count). The minimum absolute atomic E-state index is 0.246. The first-order valence-corrected chi connectivity index (χ1v) is 8.81. The number of nitrogens with one attached hydrogen (secondary N) is 2. The maximum Gasteiger partial charge on any atom is 0.242 e. The molecule has 2 fully saturated rings. The van der Waals surface area contributed by atoms with E-state index >= 15 is 0 Å². The van der Waals surface area contributed by atoms with Gasteiger partial charge in [0.15, 0.2) is 0 Å². The molecule has 2 aliphatic rings. The Bertz CT molecular complexity index is 598. The maximum absolute atomic E-state index is 12.5. The number of aromatic nitrogens is 1. The molecule has 0 saturated heterocycles. The largest absolute Gasteiger partial charge is 0.346 e. The Morgan fingerprint density at radius 3 is 2.60 bits per heavy atom. The first kappa shape index (κ1) is 14.1. The molecule has 1 aromatic heterocycles. The third-order valence-corrected chi connectivity index (χ3v) is 5.96. The van der Waals surface area contributed by atoms with Crippen LogP contribution in [0, 0.1) is 0 Å². The van der Waals surface area contributed by atoms with Crippen LogP contribution in [0.25, 0.3) is 0 Å². The molecule has 2 saturated carbocycles. The summed E-state index contributed by atoms with van der Waals surface area (Å²) in [6.07, 6.45) is 7.06. The molecule has 20 heavy (non-hydrogen) atoms. The molecule has 0 amide bonds. The SMILES string of the molecule is CNCc1cc(S(=O)(=O)NC2(C)CCC2)cn1C1CC1. The van der Waals surface area contributed by atoms with E-state index in [-0.39, 0.29) is 5.54 Å². The summed E-state index contributed by atoms with van der Waals surface area (Å²) in [6.45, 7) is 2.68. The van der Waals surface area contributed by atoms with Crippen molar-refractivity contribution in [2.24, 2.45) is 0 Å². The Morgan fingerprint density at radius 2 is 2.10 bits per heavy atom. The average Bonchev–Trinajstić information content (AvgIpc) is 3.09. The molecule has 0 aromatic carbocycles. The van der Waals surface area contributed by atoms with E-state index in [4.69, 9.17) is 0 Å². The summed E-state index contributed by atoms with van der Waals surface area (Å²) >= 11 is 0. The summed E-state index contributed by atoms with van der Waals surface area (Å²) in [6, 6.07) is 2.29. The third kappa shape index (κ3) is 2.64. The van der Waals surface area contributed by atoms with Crippen molar-refractivity contribution in [2.45, 2.75) is 62.0 Å². The van der Waals surface area contributed by atoms with Crippen LogP contribution in [0.2, 0.25) is 0 Å². The van der Waals surface area contributed by atoms with Crippen LogP contribution in [0.3, 0.4) is 0 Å². The summed E-state index contributed by atoms with van der Waals surface area (Å²) in [5.41, 5.74) is 0.804. The first-order chi connectivity index (χ1) is 9.43. The molecule has 2 aliphatic carbocycles. The van der Waals surface area contributed by atoms with Crippen molar-refractivity contribution >= 4 is 10.0 Å². The van der Waals surface area contributed by atoms with Gasteiger partial charge in [-0.1, -0.05) is 0 Å². The van der Waals surface area contributed by atoms with E-state index < -0.39 is 10.0 Å². The van der Waals surface area contributed by atoms with Crippen LogP contribution in [0.4, 0.5) is 0 Å². The Morgan fingerprint density at radius 1 is 1.40 bits per heavy atom. The molecule has 0 bridgehead atoms. The highest BCUT2D eigenvalue weighted by Crippen LogP contribution is 2.38. The van der Waals surface area contributed by atoms with E-state index in [2.05, 4.69) is 14.6 Å². The lowest BCUT2D eigenvalue weighted by Gasteiger charge is -2.38. The number of hydrogen-bond acceptors (Lipinski definition) is 3. The zero-order chi connectivity index (χ0) is 14.4. The molecule has 0 aliphatic heterocycles. The van der Waals surface area contributed by atoms with Gasteiger partial charge in [0.2, 0.25) is 10.0 Å². The summed E-state index contributed by atoms with van der Waals surface area (Å²) < 4.78 is 30.0. The summed E-state index contributed by atoms with van der Waals surface area (Å²) in [5, 5.41) is 3.11. The number of hydrogen-bond donors (Lipinski definition) is 2. The van der Waals surface area contributed by atoms with Crippen molar-refractivity contribution in [3.8, 4) is 0 Å². The number of nitrogens with zero attached hydrogens (tertiary/aromatic N) is 1. The van der Waals surface area contributed by atoms with Gasteiger partial charge in [0.05, 0.1) is 4.90 Å². The summed E-state index contributed by atoms with van der Waals surface area (Å²) in [5.74, 6) is 0. The van der Waals surface area contributed by atoms with Crippen LogP contribution in [-0.2, 0) is 16.6 Å². The Kier molecular flexibility index (Phi) is 3.43. The van der Waals surface area contributed by atoms with Crippen molar-refractivity contribution < 1.29 is 8.42 Å². The van der Waals surface area contributed by atoms with Crippen molar-refractivity contribution in [2.75, 3.05) is 7.05 Å². The van der Waals surface area contributed by atoms with Gasteiger partial charge in [0, 0.05) is 30.0 Å². The summed E-state index contributed by atoms with van der Waals surface area (Å²) in [7, 11) is -1.52. The average molecular weight is 297 g/mol. The quantitative estimate of drug-likeness (QED) is 0.841. The topological polar surface area (TPSA) is 63.1 Å². The number of sulfonamides is 1. The fourth-order valence-electron chi connectivity index (χ4n) is 2.85. The first-order valence-electron chi connectivity index (χ1n) is 7.33. The highest BCUT2D eigenvalue weighted by Gasteiger charge is 2.37. The second-order valence-corrected chi connectivity index (χ2v) is 8.04. The van der Waals surface area contributed by atoms with Crippen LogP contribution >= 0.6 is 0 Å². The monoisotopic (exact) mass is 297 g/mol. The van der Waals surface area contributed by atoms with E-state index in [9.17, 15) is 8.42 Å². The van der Waals surface area contributed by atoms with Gasteiger partial charge >= 0.3 is 0 Å². The van der Waals surface area contributed by atoms with Gasteiger partial charge in [-0.05, 0) is 52.1 Å². The van der Waals surface area contributed by atoms with Gasteiger partial charge in [0.25, 0.3) is 0 Å². The summed E-state index contributed by atoms with van der Waals surface area (Å²) in [4.78, 5) is 0.405. The zero-order valence-corrected chi connectivity index (χ0v) is 13.0. The standard InChI is InChI=1S/C14H23N3O2S/c1-14(6-3-7-14)16-20(18,19)13-8-12(9-15-2)17(10-13)11-4-5-11/h8,10-11,15-16H,3-7,9H2,1-2H3. The van der Waals surface area contributed by atoms with E-state index in [0.29, 0.717) is 17.5 Å². The van der Waals surface area contributed by atoms with Gasteiger partial charge in [-0.2, -0.15) is 0 Å². The molecule has 6 heteroatoms. The minimum Gasteiger partial charge on any atom is -0.346 e. The molecule has 5 nitrogen and oxygen atoms in total. The van der Waals surface area contributed by atoms with Crippen molar-refractivity contribution in [3.05, 3.63) is 18.0 Å². The molecule has 1 aromatic rings. The van der Waals surface area contributed by atoms with Crippen molar-refractivity contribution in [1.82, 2.24) is 14.6 Å². The lowest BCUT2D eigenvalue weighted by Crippen LogP contribution is -2.50. The Labute approximate surface area is 120 Å². The Hall–Kier alpha value is -0.850. The van der Waals surface area contributed by atoms with E-state index in [1.165, 1.54) is 0 Å². The minimum atomic E-state index is -3.40. The fourth-order valence-corrected chi connectivity index (χ4v) is 4.37. The molecular formula is C14H23N3O2S. The normalized spacial score (nSPS) is 21.7. The van der Waals surface area contributed by atoms with Crippen LogP contribution in [0.15, 0.2) is 17.2 Å². The van der Waals surface area contributed by atoms with Crippen LogP contribution in [0.5, 0.6) is 0 Å². The van der Waals surface area contributed by atoms with Crippen LogP contribution in [-0.4, -0.2) is 25.6 Å². The molecule has 0 radical (unpaired) electrons. The third-order valence-electron chi connectivity index (χ3n) is 4.35. The molecule has 112 valence electrons. The van der Waals surface area contributed by atoms with Gasteiger partial charge in [0.1, 0.15) is 0 Å². The molecule has 0 atom stereocenters. The second kappa shape index (κ2) is 4.86. The molecule has 0 unspecified atom stereocenters. The van der Waals surface area contributed by atoms with E-state index in [1.807, 2.05) is 14.0 Å². The molecule has 2 N–H and O–H groups in total. The second-order valence-electron chi connectivity index (χ2n) is 6.36. The predicted octanol–water partition coefficient (Wildman–Crippen LogP) is 1.76. The highest BCUT2D eigenvalue weighted by atomic mass is 32.2. The van der Waals surface area contributed by atoms with Crippen LogP contribution in [0.1, 0.15) is 50.8 Å². The van der Waals surface area contributed by atoms with Gasteiger partial charge in [-0.25, -0.2) is 13.1 Å². The number of rotatable bonds is 6. The molecular weight excluding hydrogens is 274 g/mol. The molecule has 0 spiro atoms. The molecule has 1 heterocycles. The van der Waals surface area contributed by atoms with E-state index in [0.717, 1.165) is 37.8 Å². The lowest BCUT2D eigenvalue weighted by molar-refractivity contribution is 0.248.